The van der Waals surface area contributed by atoms with Crippen LogP contribution >= 0.6 is 0 Å². The Bertz CT molecular complexity index is 328. The summed E-state index contributed by atoms with van der Waals surface area (Å²) >= 11 is 0. The molecule has 0 spiro atoms. The van der Waals surface area contributed by atoms with Crippen molar-refractivity contribution in [2.24, 2.45) is 0 Å². The van der Waals surface area contributed by atoms with Crippen LogP contribution < -0.4 is 10.6 Å². The lowest BCUT2D eigenvalue weighted by Crippen LogP contribution is -2.04. The summed E-state index contributed by atoms with van der Waals surface area (Å²) < 4.78 is 0. The van der Waals surface area contributed by atoms with Crippen LogP contribution in [0.3, 0.4) is 0 Å². The van der Waals surface area contributed by atoms with Crippen LogP contribution in [0.25, 0.3) is 0 Å². The Hall–Kier alpha value is -1.32. The van der Waals surface area contributed by atoms with Gasteiger partial charge in [0, 0.05) is 19.7 Å². The van der Waals surface area contributed by atoms with Gasteiger partial charge in [-0.2, -0.15) is 0 Å². The molecule has 0 aliphatic heterocycles. The van der Waals surface area contributed by atoms with Crippen LogP contribution in [-0.4, -0.2) is 23.6 Å². The van der Waals surface area contributed by atoms with Gasteiger partial charge in [0.2, 0.25) is 0 Å². The molecule has 2 N–H and O–H groups in total. The number of anilines is 2. The molecule has 0 aliphatic rings. The average molecular weight is 264 g/mol. The van der Waals surface area contributed by atoms with Crippen molar-refractivity contribution in [1.29, 1.82) is 0 Å². The number of nitrogens with zero attached hydrogens (tertiary/aromatic N) is 2. The van der Waals surface area contributed by atoms with E-state index in [4.69, 9.17) is 0 Å². The van der Waals surface area contributed by atoms with E-state index in [2.05, 4.69) is 27.5 Å². The molecule has 0 saturated heterocycles. The van der Waals surface area contributed by atoms with E-state index in [1.54, 1.807) is 6.33 Å². The van der Waals surface area contributed by atoms with Gasteiger partial charge in [-0.3, -0.25) is 0 Å². The molecule has 108 valence electrons. The first-order chi connectivity index (χ1) is 9.36. The molecule has 0 saturated carbocycles. The molecule has 0 aliphatic carbocycles. The predicted molar refractivity (Wildman–Crippen MR) is 82.7 cm³/mol. The lowest BCUT2D eigenvalue weighted by Gasteiger charge is -2.06. The summed E-state index contributed by atoms with van der Waals surface area (Å²) in [5.41, 5.74) is 0. The molecular weight excluding hydrogens is 236 g/mol. The minimum Gasteiger partial charge on any atom is -0.373 e. The number of rotatable bonds is 11. The van der Waals surface area contributed by atoms with Crippen LogP contribution in [0.4, 0.5) is 11.6 Å². The molecule has 1 rings (SSSR count). The standard InChI is InChI=1S/C15H28N4/c1-3-4-5-6-7-8-9-10-11-17-15-12-14(16-2)18-13-19-15/h12-13H,3-11H2,1-2H3,(H2,16,17,18,19). The number of unbranched alkanes of at least 4 members (excludes halogenated alkanes) is 7. The second kappa shape index (κ2) is 10.6. The summed E-state index contributed by atoms with van der Waals surface area (Å²) in [6, 6.07) is 1.94. The molecule has 1 aromatic rings. The maximum Gasteiger partial charge on any atom is 0.131 e. The Morgan fingerprint density at radius 2 is 1.53 bits per heavy atom. The third kappa shape index (κ3) is 7.65. The van der Waals surface area contributed by atoms with Crippen molar-refractivity contribution in [2.45, 2.75) is 58.3 Å². The second-order valence-corrected chi connectivity index (χ2v) is 4.94. The van der Waals surface area contributed by atoms with E-state index in [-0.39, 0.29) is 0 Å². The number of hydrogen-bond acceptors (Lipinski definition) is 4. The Labute approximate surface area is 117 Å². The van der Waals surface area contributed by atoms with Gasteiger partial charge in [0.1, 0.15) is 18.0 Å². The number of hydrogen-bond donors (Lipinski definition) is 2. The lowest BCUT2D eigenvalue weighted by atomic mass is 10.1. The molecular formula is C15H28N4. The zero-order valence-corrected chi connectivity index (χ0v) is 12.4. The highest BCUT2D eigenvalue weighted by atomic mass is 15.0. The number of nitrogens with one attached hydrogen (secondary N) is 2. The fourth-order valence-corrected chi connectivity index (χ4v) is 2.07. The maximum atomic E-state index is 4.19. The summed E-state index contributed by atoms with van der Waals surface area (Å²) in [5.74, 6) is 1.76. The van der Waals surface area contributed by atoms with Gasteiger partial charge in [0.15, 0.2) is 0 Å². The van der Waals surface area contributed by atoms with Gasteiger partial charge in [-0.05, 0) is 6.42 Å². The van der Waals surface area contributed by atoms with Gasteiger partial charge in [-0.1, -0.05) is 51.9 Å². The molecule has 0 unspecified atom stereocenters. The Morgan fingerprint density at radius 3 is 2.21 bits per heavy atom. The van der Waals surface area contributed by atoms with Crippen molar-refractivity contribution in [1.82, 2.24) is 9.97 Å². The van der Waals surface area contributed by atoms with Crippen molar-refractivity contribution < 1.29 is 0 Å². The molecule has 1 aromatic heterocycles. The summed E-state index contributed by atoms with van der Waals surface area (Å²) in [6.45, 7) is 3.26. The first-order valence-corrected chi connectivity index (χ1v) is 7.60. The van der Waals surface area contributed by atoms with Crippen LogP contribution in [0.2, 0.25) is 0 Å². The van der Waals surface area contributed by atoms with Crippen molar-refractivity contribution in [3.05, 3.63) is 12.4 Å². The van der Waals surface area contributed by atoms with Gasteiger partial charge in [0.05, 0.1) is 0 Å². The van der Waals surface area contributed by atoms with Gasteiger partial charge in [-0.25, -0.2) is 9.97 Å². The monoisotopic (exact) mass is 264 g/mol. The maximum absolute atomic E-state index is 4.19. The fourth-order valence-electron chi connectivity index (χ4n) is 2.07. The van der Waals surface area contributed by atoms with Crippen molar-refractivity contribution in [3.8, 4) is 0 Å². The molecule has 4 nitrogen and oxygen atoms in total. The summed E-state index contributed by atoms with van der Waals surface area (Å²) in [7, 11) is 1.87. The molecule has 0 bridgehead atoms. The second-order valence-electron chi connectivity index (χ2n) is 4.94. The molecule has 0 radical (unpaired) electrons. The van der Waals surface area contributed by atoms with Crippen LogP contribution in [0, 0.1) is 0 Å². The van der Waals surface area contributed by atoms with E-state index in [1.165, 1.54) is 51.4 Å². The third-order valence-electron chi connectivity index (χ3n) is 3.26. The summed E-state index contributed by atoms with van der Waals surface area (Å²) in [5, 5.41) is 6.35. The van der Waals surface area contributed by atoms with Crippen molar-refractivity contribution in [2.75, 3.05) is 24.2 Å². The highest BCUT2D eigenvalue weighted by Crippen LogP contribution is 2.10. The van der Waals surface area contributed by atoms with E-state index in [0.29, 0.717) is 0 Å². The normalized spacial score (nSPS) is 10.4. The van der Waals surface area contributed by atoms with E-state index in [9.17, 15) is 0 Å². The number of aromatic nitrogens is 2. The van der Waals surface area contributed by atoms with Crippen LogP contribution in [0.15, 0.2) is 12.4 Å². The minimum absolute atomic E-state index is 0.855. The fraction of sp³-hybridized carbons (Fsp3) is 0.733. The molecule has 4 heteroatoms. The molecule has 0 fully saturated rings. The highest BCUT2D eigenvalue weighted by Gasteiger charge is 1.96. The van der Waals surface area contributed by atoms with Gasteiger partial charge in [0.25, 0.3) is 0 Å². The summed E-state index contributed by atoms with van der Waals surface area (Å²) in [4.78, 5) is 8.28. The van der Waals surface area contributed by atoms with Gasteiger partial charge in [-0.15, -0.1) is 0 Å². The third-order valence-corrected chi connectivity index (χ3v) is 3.26. The van der Waals surface area contributed by atoms with Crippen molar-refractivity contribution >= 4 is 11.6 Å². The van der Waals surface area contributed by atoms with E-state index in [0.717, 1.165) is 18.2 Å². The quantitative estimate of drug-likeness (QED) is 0.591. The summed E-state index contributed by atoms with van der Waals surface area (Å²) in [6.07, 6.45) is 12.4. The van der Waals surface area contributed by atoms with E-state index < -0.39 is 0 Å². The largest absolute Gasteiger partial charge is 0.373 e. The smallest absolute Gasteiger partial charge is 0.131 e. The molecule has 19 heavy (non-hydrogen) atoms. The zero-order chi connectivity index (χ0) is 13.8. The lowest BCUT2D eigenvalue weighted by molar-refractivity contribution is 0.581. The van der Waals surface area contributed by atoms with Crippen molar-refractivity contribution in [3.63, 3.8) is 0 Å². The first kappa shape index (κ1) is 15.7. The van der Waals surface area contributed by atoms with Gasteiger partial charge < -0.3 is 10.6 Å². The Balaban J connectivity index is 1.98. The molecule has 0 atom stereocenters. The Morgan fingerprint density at radius 1 is 0.895 bits per heavy atom. The molecule has 1 heterocycles. The van der Waals surface area contributed by atoms with E-state index in [1.807, 2.05) is 13.1 Å². The zero-order valence-electron chi connectivity index (χ0n) is 12.4. The topological polar surface area (TPSA) is 49.8 Å². The SMILES string of the molecule is CCCCCCCCCCNc1cc(NC)ncn1. The minimum atomic E-state index is 0.855. The van der Waals surface area contributed by atoms with Gasteiger partial charge >= 0.3 is 0 Å². The van der Waals surface area contributed by atoms with Crippen LogP contribution in [-0.2, 0) is 0 Å². The first-order valence-electron chi connectivity index (χ1n) is 7.60. The molecule has 0 amide bonds. The molecule has 0 aromatic carbocycles. The highest BCUT2D eigenvalue weighted by molar-refractivity contribution is 5.45. The predicted octanol–water partition coefficient (Wildman–Crippen LogP) is 4.07. The average Bonchev–Trinajstić information content (AvgIpc) is 2.46. The van der Waals surface area contributed by atoms with Crippen LogP contribution in [0.5, 0.6) is 0 Å². The van der Waals surface area contributed by atoms with Crippen LogP contribution in [0.1, 0.15) is 58.3 Å². The Kier molecular flexibility index (Phi) is 8.77. The van der Waals surface area contributed by atoms with E-state index >= 15 is 0 Å².